The van der Waals surface area contributed by atoms with Gasteiger partial charge in [-0.15, -0.1) is 11.3 Å². The number of thiazole rings is 1. The molecular weight excluding hydrogens is 400 g/mol. The molecule has 0 unspecified atom stereocenters. The Kier molecular flexibility index (Phi) is 5.74. The van der Waals surface area contributed by atoms with Crippen LogP contribution in [0.1, 0.15) is 28.8 Å². The Bertz CT molecular complexity index is 840. The first kappa shape index (κ1) is 20.7. The third-order valence-electron chi connectivity index (χ3n) is 4.51. The number of benzene rings is 1. The highest BCUT2D eigenvalue weighted by Gasteiger charge is 2.58. The summed E-state index contributed by atoms with van der Waals surface area (Å²) in [6, 6.07) is 5.48. The molecule has 1 N–H and O–H groups in total. The SMILES string of the molecule is Cc1csc([C@@](O)(CC(=O)N2CCO[C@H](c3ccc(F)cc3)C2)C(F)(F)F)n1. The summed E-state index contributed by atoms with van der Waals surface area (Å²) < 4.78 is 59.4. The minimum absolute atomic E-state index is 0.00923. The van der Waals surface area contributed by atoms with E-state index in [0.29, 0.717) is 22.6 Å². The van der Waals surface area contributed by atoms with E-state index in [1.165, 1.54) is 41.5 Å². The number of aromatic nitrogens is 1. The summed E-state index contributed by atoms with van der Waals surface area (Å²) in [5.74, 6) is -1.29. The van der Waals surface area contributed by atoms with Crippen molar-refractivity contribution in [2.75, 3.05) is 19.7 Å². The Labute approximate surface area is 162 Å². The highest BCUT2D eigenvalue weighted by atomic mass is 32.1. The normalized spacial score (nSPS) is 20.1. The van der Waals surface area contributed by atoms with E-state index in [9.17, 15) is 27.5 Å². The van der Waals surface area contributed by atoms with Crippen molar-refractivity contribution in [2.45, 2.75) is 31.2 Å². The van der Waals surface area contributed by atoms with Crippen molar-refractivity contribution in [2.24, 2.45) is 0 Å². The van der Waals surface area contributed by atoms with Gasteiger partial charge >= 0.3 is 6.18 Å². The molecule has 1 aliphatic heterocycles. The van der Waals surface area contributed by atoms with Gasteiger partial charge in [0, 0.05) is 17.6 Å². The number of hydrogen-bond acceptors (Lipinski definition) is 5. The molecule has 3 rings (SSSR count). The molecule has 28 heavy (non-hydrogen) atoms. The van der Waals surface area contributed by atoms with E-state index < -0.39 is 41.0 Å². The van der Waals surface area contributed by atoms with E-state index in [4.69, 9.17) is 4.74 Å². The maximum Gasteiger partial charge on any atom is 0.424 e. The van der Waals surface area contributed by atoms with E-state index >= 15 is 0 Å². The topological polar surface area (TPSA) is 62.7 Å². The number of alkyl halides is 3. The molecule has 0 aliphatic carbocycles. The Balaban J connectivity index is 1.77. The van der Waals surface area contributed by atoms with E-state index in [0.717, 1.165) is 0 Å². The van der Waals surface area contributed by atoms with Crippen molar-refractivity contribution in [1.29, 1.82) is 0 Å². The number of rotatable bonds is 4. The number of amides is 1. The Morgan fingerprint density at radius 2 is 2.04 bits per heavy atom. The summed E-state index contributed by atoms with van der Waals surface area (Å²) in [5, 5.41) is 11.2. The van der Waals surface area contributed by atoms with Crippen LogP contribution >= 0.6 is 11.3 Å². The molecule has 1 aromatic heterocycles. The molecule has 0 saturated carbocycles. The minimum Gasteiger partial charge on any atom is -0.374 e. The molecule has 0 bridgehead atoms. The molecule has 1 saturated heterocycles. The number of carbonyl (C=O) groups is 1. The Morgan fingerprint density at radius 1 is 1.36 bits per heavy atom. The van der Waals surface area contributed by atoms with Crippen molar-refractivity contribution in [3.63, 3.8) is 0 Å². The quantitative estimate of drug-likeness (QED) is 0.774. The predicted octanol–water partition coefficient (Wildman–Crippen LogP) is 3.33. The lowest BCUT2D eigenvalue weighted by Gasteiger charge is -2.35. The van der Waals surface area contributed by atoms with Gasteiger partial charge in [-0.05, 0) is 24.6 Å². The third kappa shape index (κ3) is 4.18. The van der Waals surface area contributed by atoms with Gasteiger partial charge in [0.25, 0.3) is 0 Å². The van der Waals surface area contributed by atoms with Gasteiger partial charge in [-0.3, -0.25) is 4.79 Å². The van der Waals surface area contributed by atoms with Crippen LogP contribution < -0.4 is 0 Å². The van der Waals surface area contributed by atoms with Gasteiger partial charge in [-0.25, -0.2) is 9.37 Å². The predicted molar refractivity (Wildman–Crippen MR) is 93.1 cm³/mol. The molecule has 0 spiro atoms. The van der Waals surface area contributed by atoms with Crippen molar-refractivity contribution in [3.05, 3.63) is 51.7 Å². The number of morpholine rings is 1. The molecule has 1 amide bonds. The van der Waals surface area contributed by atoms with E-state index in [-0.39, 0.29) is 19.7 Å². The smallest absolute Gasteiger partial charge is 0.374 e. The van der Waals surface area contributed by atoms with Gasteiger partial charge < -0.3 is 14.7 Å². The number of halogens is 4. The standard InChI is InChI=1S/C18H18F4N2O3S/c1-11-10-28-16(23-11)17(26,18(20,21)22)8-15(25)24-6-7-27-14(9-24)12-2-4-13(19)5-3-12/h2-5,10,14,26H,6-9H2,1H3/t14-,17-/m0/s1. The molecule has 2 atom stereocenters. The van der Waals surface area contributed by atoms with Crippen molar-refractivity contribution in [3.8, 4) is 0 Å². The van der Waals surface area contributed by atoms with Crippen LogP contribution in [0.15, 0.2) is 29.6 Å². The fraction of sp³-hybridized carbons (Fsp3) is 0.444. The first-order chi connectivity index (χ1) is 13.1. The minimum atomic E-state index is -5.06. The molecule has 2 aromatic rings. The zero-order valence-electron chi connectivity index (χ0n) is 14.9. The van der Waals surface area contributed by atoms with Crippen molar-refractivity contribution >= 4 is 17.2 Å². The molecule has 1 aromatic carbocycles. The van der Waals surface area contributed by atoms with E-state index in [1.807, 2.05) is 0 Å². The Hall–Kier alpha value is -2.04. The molecule has 152 valence electrons. The molecule has 2 heterocycles. The van der Waals surface area contributed by atoms with Gasteiger partial charge in [0.05, 0.1) is 19.6 Å². The maximum atomic E-state index is 13.6. The third-order valence-corrected chi connectivity index (χ3v) is 5.62. The fourth-order valence-electron chi connectivity index (χ4n) is 2.93. The van der Waals surface area contributed by atoms with Gasteiger partial charge in [0.2, 0.25) is 11.5 Å². The van der Waals surface area contributed by atoms with Crippen LogP contribution in [0.4, 0.5) is 17.6 Å². The largest absolute Gasteiger partial charge is 0.424 e. The lowest BCUT2D eigenvalue weighted by Crippen LogP contribution is -2.49. The van der Waals surface area contributed by atoms with Gasteiger partial charge in [0.1, 0.15) is 16.9 Å². The van der Waals surface area contributed by atoms with Crippen LogP contribution in [0.2, 0.25) is 0 Å². The second-order valence-electron chi connectivity index (χ2n) is 6.58. The van der Waals surface area contributed by atoms with Crippen LogP contribution in [0, 0.1) is 12.7 Å². The highest BCUT2D eigenvalue weighted by Crippen LogP contribution is 2.43. The zero-order chi connectivity index (χ0) is 20.5. The number of nitrogens with zero attached hydrogens (tertiary/aromatic N) is 2. The average molecular weight is 418 g/mol. The highest BCUT2D eigenvalue weighted by molar-refractivity contribution is 7.09. The first-order valence-corrected chi connectivity index (χ1v) is 9.34. The van der Waals surface area contributed by atoms with Crippen LogP contribution in [0.5, 0.6) is 0 Å². The van der Waals surface area contributed by atoms with Crippen LogP contribution in [-0.2, 0) is 15.1 Å². The van der Waals surface area contributed by atoms with Crippen molar-refractivity contribution in [1.82, 2.24) is 9.88 Å². The molecule has 5 nitrogen and oxygen atoms in total. The van der Waals surface area contributed by atoms with Gasteiger partial charge in [-0.1, -0.05) is 12.1 Å². The fourth-order valence-corrected chi connectivity index (χ4v) is 3.84. The molecule has 1 aliphatic rings. The average Bonchev–Trinajstić information content (AvgIpc) is 3.08. The van der Waals surface area contributed by atoms with Crippen LogP contribution in [0.3, 0.4) is 0 Å². The maximum absolute atomic E-state index is 13.6. The van der Waals surface area contributed by atoms with Crippen molar-refractivity contribution < 1.29 is 32.2 Å². The summed E-state index contributed by atoms with van der Waals surface area (Å²) in [6.45, 7) is 1.74. The summed E-state index contributed by atoms with van der Waals surface area (Å²) in [4.78, 5) is 17.6. The van der Waals surface area contributed by atoms with Gasteiger partial charge in [0.15, 0.2) is 0 Å². The molecule has 0 radical (unpaired) electrons. The number of carbonyl (C=O) groups excluding carboxylic acids is 1. The number of hydrogen-bond donors (Lipinski definition) is 1. The summed E-state index contributed by atoms with van der Waals surface area (Å²) in [7, 11) is 0. The molecular formula is C18H18F4N2O3S. The Morgan fingerprint density at radius 3 is 2.61 bits per heavy atom. The number of aliphatic hydroxyl groups is 1. The van der Waals surface area contributed by atoms with E-state index in [1.54, 1.807) is 0 Å². The van der Waals surface area contributed by atoms with Crippen LogP contribution in [-0.4, -0.2) is 46.8 Å². The second-order valence-corrected chi connectivity index (χ2v) is 7.44. The zero-order valence-corrected chi connectivity index (χ0v) is 15.7. The summed E-state index contributed by atoms with van der Waals surface area (Å²) in [5.41, 5.74) is -2.41. The van der Waals surface area contributed by atoms with Crippen LogP contribution in [0.25, 0.3) is 0 Å². The lowest BCUT2D eigenvalue weighted by atomic mass is 9.98. The summed E-state index contributed by atoms with van der Waals surface area (Å²) in [6.07, 6.45) is -6.81. The number of aryl methyl sites for hydroxylation is 1. The van der Waals surface area contributed by atoms with E-state index in [2.05, 4.69) is 4.98 Å². The second kappa shape index (κ2) is 7.76. The monoisotopic (exact) mass is 418 g/mol. The summed E-state index contributed by atoms with van der Waals surface area (Å²) >= 11 is 0.659. The molecule has 1 fully saturated rings. The first-order valence-electron chi connectivity index (χ1n) is 8.47. The molecule has 10 heteroatoms. The lowest BCUT2D eigenvalue weighted by molar-refractivity contribution is -0.268. The van der Waals surface area contributed by atoms with Gasteiger partial charge in [-0.2, -0.15) is 13.2 Å². The number of ether oxygens (including phenoxy) is 1.